The van der Waals surface area contributed by atoms with Gasteiger partial charge >= 0.3 is 5.97 Å². The molecule has 1 unspecified atom stereocenters. The summed E-state index contributed by atoms with van der Waals surface area (Å²) in [4.78, 5) is 23.3. The molecule has 36 heavy (non-hydrogen) atoms. The molecule has 0 radical (unpaired) electrons. The third kappa shape index (κ3) is 7.98. The Morgan fingerprint density at radius 2 is 1.44 bits per heavy atom. The molecule has 0 heterocycles. The lowest BCUT2D eigenvalue weighted by atomic mass is 9.86. The molecule has 0 aliphatic heterocycles. The fraction of sp³-hybridized carbons (Fsp3) is 0.355. The van der Waals surface area contributed by atoms with Crippen molar-refractivity contribution in [1.29, 1.82) is 0 Å². The van der Waals surface area contributed by atoms with E-state index < -0.39 is 0 Å². The average Bonchev–Trinajstić information content (AvgIpc) is 2.87. The van der Waals surface area contributed by atoms with Crippen LogP contribution < -0.4 is 10.1 Å². The van der Waals surface area contributed by atoms with E-state index in [1.54, 1.807) is 0 Å². The van der Waals surface area contributed by atoms with Crippen LogP contribution in [0.4, 0.5) is 0 Å². The maximum Gasteiger partial charge on any atom is 0.307 e. The summed E-state index contributed by atoms with van der Waals surface area (Å²) >= 11 is 0. The number of carbonyl (C=O) groups is 2. The Kier molecular flexibility index (Phi) is 9.29. The number of amides is 1. The lowest BCUT2D eigenvalue weighted by molar-refractivity contribution is -0.140. The smallest absolute Gasteiger partial charge is 0.307 e. The van der Waals surface area contributed by atoms with Crippen LogP contribution in [0.5, 0.6) is 5.75 Å². The number of ether oxygens (including phenoxy) is 2. The van der Waals surface area contributed by atoms with Crippen molar-refractivity contribution >= 4 is 11.9 Å². The highest BCUT2D eigenvalue weighted by Gasteiger charge is 2.13. The highest BCUT2D eigenvalue weighted by atomic mass is 16.5. The molecular formula is C31H37NO4. The quantitative estimate of drug-likeness (QED) is 0.346. The molecule has 0 saturated heterocycles. The number of hydrogen-bond donors (Lipinski definition) is 1. The summed E-state index contributed by atoms with van der Waals surface area (Å²) in [5, 5.41) is 2.73. The van der Waals surface area contributed by atoms with Crippen LogP contribution in [-0.4, -0.2) is 32.1 Å². The van der Waals surface area contributed by atoms with E-state index in [4.69, 9.17) is 4.74 Å². The lowest BCUT2D eigenvalue weighted by Crippen LogP contribution is -2.26. The van der Waals surface area contributed by atoms with Gasteiger partial charge in [0.25, 0.3) is 5.91 Å². The number of methoxy groups -OCH3 is 1. The Morgan fingerprint density at radius 1 is 0.861 bits per heavy atom. The van der Waals surface area contributed by atoms with Crippen molar-refractivity contribution in [2.24, 2.45) is 5.92 Å². The molecule has 3 aromatic rings. The molecule has 1 atom stereocenters. The summed E-state index contributed by atoms with van der Waals surface area (Å²) in [5.41, 5.74) is 5.56. The fourth-order valence-electron chi connectivity index (χ4n) is 3.88. The molecule has 1 N–H and O–H groups in total. The largest absolute Gasteiger partial charge is 0.493 e. The highest BCUT2D eigenvalue weighted by Crippen LogP contribution is 2.27. The molecule has 5 nitrogen and oxygen atoms in total. The first-order chi connectivity index (χ1) is 17.2. The van der Waals surface area contributed by atoms with Crippen LogP contribution in [0.1, 0.15) is 55.6 Å². The van der Waals surface area contributed by atoms with E-state index in [1.165, 1.54) is 23.8 Å². The molecule has 1 amide bonds. The molecule has 0 fully saturated rings. The number of benzene rings is 3. The Hall–Kier alpha value is -3.60. The van der Waals surface area contributed by atoms with Gasteiger partial charge in [0.15, 0.2) is 0 Å². The normalized spacial score (nSPS) is 12.0. The maximum atomic E-state index is 12.2. The van der Waals surface area contributed by atoms with Crippen LogP contribution in [0.15, 0.2) is 72.8 Å². The van der Waals surface area contributed by atoms with Gasteiger partial charge in [-0.2, -0.15) is 0 Å². The topological polar surface area (TPSA) is 64.6 Å². The third-order valence-corrected chi connectivity index (χ3v) is 6.12. The van der Waals surface area contributed by atoms with Crippen LogP contribution in [0.25, 0.3) is 11.1 Å². The molecule has 190 valence electrons. The van der Waals surface area contributed by atoms with Gasteiger partial charge in [0.2, 0.25) is 0 Å². The van der Waals surface area contributed by atoms with Gasteiger partial charge in [-0.1, -0.05) is 76.2 Å². The second kappa shape index (κ2) is 12.4. The molecule has 0 aliphatic rings. The zero-order chi connectivity index (χ0) is 26.1. The van der Waals surface area contributed by atoms with Gasteiger partial charge in [-0.25, -0.2) is 0 Å². The van der Waals surface area contributed by atoms with Crippen LogP contribution in [0.3, 0.4) is 0 Å². The number of carbonyl (C=O) groups excluding carboxylic acids is 2. The minimum Gasteiger partial charge on any atom is -0.493 e. The number of nitrogens with one attached hydrogen (secondary N) is 1. The van der Waals surface area contributed by atoms with Gasteiger partial charge in [-0.05, 0) is 64.3 Å². The van der Waals surface area contributed by atoms with Crippen molar-refractivity contribution in [3.05, 3.63) is 89.5 Å². The van der Waals surface area contributed by atoms with E-state index in [-0.39, 0.29) is 30.3 Å². The summed E-state index contributed by atoms with van der Waals surface area (Å²) < 4.78 is 10.6. The molecule has 0 spiro atoms. The van der Waals surface area contributed by atoms with E-state index in [1.807, 2.05) is 36.4 Å². The van der Waals surface area contributed by atoms with Gasteiger partial charge in [-0.3, -0.25) is 9.59 Å². The highest BCUT2D eigenvalue weighted by molar-refractivity contribution is 5.94. The van der Waals surface area contributed by atoms with E-state index in [0.717, 1.165) is 17.7 Å². The summed E-state index contributed by atoms with van der Waals surface area (Å²) in [5.74, 6) is 0.629. The van der Waals surface area contributed by atoms with Crippen LogP contribution >= 0.6 is 0 Å². The second-order valence-corrected chi connectivity index (χ2v) is 10.3. The van der Waals surface area contributed by atoms with Crippen molar-refractivity contribution in [2.45, 2.75) is 46.0 Å². The molecule has 0 saturated carbocycles. The fourth-order valence-corrected chi connectivity index (χ4v) is 3.88. The standard InChI is InChI=1S/C31H37NO4/c1-22(20-23-6-8-26(9-7-23)30(34)32-19-18-29(33)35-5)21-36-28-16-12-25(13-17-28)24-10-14-27(15-11-24)31(2,3)4/h6-17,22H,18-21H2,1-5H3,(H,32,34). The predicted molar refractivity (Wildman–Crippen MR) is 144 cm³/mol. The molecule has 5 heteroatoms. The monoisotopic (exact) mass is 487 g/mol. The van der Waals surface area contributed by atoms with Gasteiger partial charge in [-0.15, -0.1) is 0 Å². The van der Waals surface area contributed by atoms with E-state index in [2.05, 4.69) is 74.1 Å². The van der Waals surface area contributed by atoms with Crippen LogP contribution in [0.2, 0.25) is 0 Å². The van der Waals surface area contributed by atoms with Crippen molar-refractivity contribution in [2.75, 3.05) is 20.3 Å². The third-order valence-electron chi connectivity index (χ3n) is 6.12. The molecule has 3 aromatic carbocycles. The van der Waals surface area contributed by atoms with Crippen LogP contribution in [-0.2, 0) is 21.4 Å². The van der Waals surface area contributed by atoms with E-state index in [0.29, 0.717) is 18.1 Å². The minimum atomic E-state index is -0.344. The molecule has 3 rings (SSSR count). The van der Waals surface area contributed by atoms with E-state index in [9.17, 15) is 9.59 Å². The van der Waals surface area contributed by atoms with Gasteiger partial charge in [0, 0.05) is 12.1 Å². The first-order valence-corrected chi connectivity index (χ1v) is 12.4. The lowest BCUT2D eigenvalue weighted by Gasteiger charge is -2.19. The zero-order valence-electron chi connectivity index (χ0n) is 22.0. The summed E-state index contributed by atoms with van der Waals surface area (Å²) in [6.45, 7) is 9.68. The first-order valence-electron chi connectivity index (χ1n) is 12.4. The number of rotatable bonds is 10. The van der Waals surface area contributed by atoms with Crippen molar-refractivity contribution < 1.29 is 19.1 Å². The van der Waals surface area contributed by atoms with Crippen molar-refractivity contribution in [3.8, 4) is 16.9 Å². The Labute approximate surface area is 214 Å². The Bertz CT molecular complexity index is 1130. The van der Waals surface area contributed by atoms with Gasteiger partial charge in [0.1, 0.15) is 5.75 Å². The summed E-state index contributed by atoms with van der Waals surface area (Å²) in [6, 6.07) is 24.5. The van der Waals surface area contributed by atoms with Crippen molar-refractivity contribution in [1.82, 2.24) is 5.32 Å². The number of esters is 1. The van der Waals surface area contributed by atoms with Crippen LogP contribution in [0, 0.1) is 5.92 Å². The minimum absolute atomic E-state index is 0.149. The summed E-state index contributed by atoms with van der Waals surface area (Å²) in [6.07, 6.45) is 1.01. The second-order valence-electron chi connectivity index (χ2n) is 10.3. The first kappa shape index (κ1) is 27.0. The van der Waals surface area contributed by atoms with Gasteiger partial charge in [0.05, 0.1) is 20.1 Å². The average molecular weight is 488 g/mol. The number of hydrogen-bond acceptors (Lipinski definition) is 4. The Balaban J connectivity index is 1.46. The Morgan fingerprint density at radius 3 is 2.00 bits per heavy atom. The van der Waals surface area contributed by atoms with Gasteiger partial charge < -0.3 is 14.8 Å². The molecule has 0 bridgehead atoms. The predicted octanol–water partition coefficient (Wildman–Crippen LogP) is 6.20. The molecule has 0 aliphatic carbocycles. The SMILES string of the molecule is COC(=O)CCNC(=O)c1ccc(CC(C)COc2ccc(-c3ccc(C(C)(C)C)cc3)cc2)cc1. The maximum absolute atomic E-state index is 12.2. The molecular weight excluding hydrogens is 450 g/mol. The zero-order valence-corrected chi connectivity index (χ0v) is 22.0. The van der Waals surface area contributed by atoms with E-state index >= 15 is 0 Å². The van der Waals surface area contributed by atoms with Crippen molar-refractivity contribution in [3.63, 3.8) is 0 Å². The summed E-state index contributed by atoms with van der Waals surface area (Å²) in [7, 11) is 1.33. The molecule has 0 aromatic heterocycles.